The largest absolute Gasteiger partial charge is 0.354 e. The number of aromatic nitrogens is 2. The second kappa shape index (κ2) is 6.27. The molecule has 1 rings (SSSR count). The predicted octanol–water partition coefficient (Wildman–Crippen LogP) is 0.259. The first-order valence-corrected chi connectivity index (χ1v) is 5.49. The van der Waals surface area contributed by atoms with Gasteiger partial charge in [0.15, 0.2) is 0 Å². The number of nitrogens with one attached hydrogen (secondary N) is 1. The van der Waals surface area contributed by atoms with Gasteiger partial charge in [-0.15, -0.1) is 0 Å². The molecule has 0 fully saturated rings. The highest BCUT2D eigenvalue weighted by Crippen LogP contribution is 1.94. The third-order valence-corrected chi connectivity index (χ3v) is 2.33. The Morgan fingerprint density at radius 1 is 1.56 bits per heavy atom. The van der Waals surface area contributed by atoms with E-state index >= 15 is 0 Å². The van der Waals surface area contributed by atoms with Crippen molar-refractivity contribution in [3.05, 3.63) is 18.0 Å². The maximum absolute atomic E-state index is 11.5. The van der Waals surface area contributed by atoms with Gasteiger partial charge in [-0.3, -0.25) is 9.48 Å². The molecule has 0 radical (unpaired) electrons. The average molecular weight is 224 g/mol. The van der Waals surface area contributed by atoms with E-state index in [-0.39, 0.29) is 5.91 Å². The van der Waals surface area contributed by atoms with Gasteiger partial charge in [-0.2, -0.15) is 5.10 Å². The van der Waals surface area contributed by atoms with Gasteiger partial charge in [0.2, 0.25) is 5.91 Å². The Balaban J connectivity index is 2.19. The molecule has 16 heavy (non-hydrogen) atoms. The van der Waals surface area contributed by atoms with Gasteiger partial charge in [-0.05, 0) is 40.1 Å². The molecule has 0 aliphatic heterocycles. The minimum atomic E-state index is 0.0190. The molecule has 1 N–H and O–H groups in total. The smallest absolute Gasteiger partial charge is 0.241 e. The third-order valence-electron chi connectivity index (χ3n) is 2.33. The Bertz CT molecular complexity index is 332. The molecule has 1 aromatic rings. The Morgan fingerprint density at radius 3 is 2.88 bits per heavy atom. The summed E-state index contributed by atoms with van der Waals surface area (Å²) in [5.41, 5.74) is 1.00. The first-order chi connectivity index (χ1) is 7.59. The number of hydrogen-bond donors (Lipinski definition) is 1. The predicted molar refractivity (Wildman–Crippen MR) is 63.1 cm³/mol. The summed E-state index contributed by atoms with van der Waals surface area (Å²) in [4.78, 5) is 13.6. The number of aryl methyl sites for hydroxylation is 1. The van der Waals surface area contributed by atoms with Crippen molar-refractivity contribution in [2.75, 3.05) is 27.2 Å². The average Bonchev–Trinajstić information content (AvgIpc) is 2.59. The summed E-state index contributed by atoms with van der Waals surface area (Å²) in [6, 6.07) is 1.89. The van der Waals surface area contributed by atoms with Crippen LogP contribution in [0.5, 0.6) is 0 Å². The van der Waals surface area contributed by atoms with Crippen LogP contribution < -0.4 is 5.32 Å². The lowest BCUT2D eigenvalue weighted by Crippen LogP contribution is -2.30. The molecule has 1 aromatic heterocycles. The van der Waals surface area contributed by atoms with Crippen LogP contribution in [0.1, 0.15) is 12.1 Å². The van der Waals surface area contributed by atoms with Crippen molar-refractivity contribution < 1.29 is 4.79 Å². The van der Waals surface area contributed by atoms with Gasteiger partial charge in [0, 0.05) is 18.4 Å². The van der Waals surface area contributed by atoms with Crippen molar-refractivity contribution in [1.29, 1.82) is 0 Å². The summed E-state index contributed by atoms with van der Waals surface area (Å²) >= 11 is 0. The molecule has 0 saturated carbocycles. The van der Waals surface area contributed by atoms with Gasteiger partial charge in [0.1, 0.15) is 6.54 Å². The van der Waals surface area contributed by atoms with Crippen LogP contribution in [0.4, 0.5) is 0 Å². The third kappa shape index (κ3) is 4.44. The molecule has 5 heteroatoms. The lowest BCUT2D eigenvalue weighted by Gasteiger charge is -2.10. The zero-order valence-electron chi connectivity index (χ0n) is 10.2. The van der Waals surface area contributed by atoms with E-state index in [9.17, 15) is 4.79 Å². The molecule has 1 heterocycles. The Labute approximate surface area is 96.4 Å². The highest BCUT2D eigenvalue weighted by Gasteiger charge is 2.04. The maximum Gasteiger partial charge on any atom is 0.241 e. The molecule has 0 aliphatic rings. The molecule has 0 atom stereocenters. The van der Waals surface area contributed by atoms with Crippen LogP contribution >= 0.6 is 0 Å². The first kappa shape index (κ1) is 12.7. The van der Waals surface area contributed by atoms with Crippen LogP contribution in [0, 0.1) is 6.92 Å². The molecule has 5 nitrogen and oxygen atoms in total. The molecular formula is C11H20N4O. The molecule has 0 bridgehead atoms. The van der Waals surface area contributed by atoms with E-state index in [4.69, 9.17) is 0 Å². The summed E-state index contributed by atoms with van der Waals surface area (Å²) in [6.07, 6.45) is 2.67. The van der Waals surface area contributed by atoms with Gasteiger partial charge in [0.25, 0.3) is 0 Å². The first-order valence-electron chi connectivity index (χ1n) is 5.49. The quantitative estimate of drug-likeness (QED) is 0.705. The van der Waals surface area contributed by atoms with Gasteiger partial charge in [-0.1, -0.05) is 0 Å². The zero-order chi connectivity index (χ0) is 12.0. The van der Waals surface area contributed by atoms with Crippen LogP contribution in [-0.2, 0) is 11.3 Å². The molecule has 0 spiro atoms. The molecule has 0 aromatic carbocycles. The molecule has 90 valence electrons. The fourth-order valence-electron chi connectivity index (χ4n) is 1.38. The number of amides is 1. The van der Waals surface area contributed by atoms with Crippen molar-refractivity contribution in [2.45, 2.75) is 19.9 Å². The van der Waals surface area contributed by atoms with Gasteiger partial charge >= 0.3 is 0 Å². The standard InChI is InChI=1S/C11H20N4O/c1-10-5-7-13-15(10)9-11(16)12-6-4-8-14(2)3/h5,7H,4,6,8-9H2,1-3H3,(H,12,16). The van der Waals surface area contributed by atoms with Crippen molar-refractivity contribution in [2.24, 2.45) is 0 Å². The minimum absolute atomic E-state index is 0.0190. The van der Waals surface area contributed by atoms with Crippen LogP contribution in [0.25, 0.3) is 0 Å². The van der Waals surface area contributed by atoms with E-state index < -0.39 is 0 Å². The number of nitrogens with zero attached hydrogens (tertiary/aromatic N) is 3. The molecule has 0 aliphatic carbocycles. The number of rotatable bonds is 6. The lowest BCUT2D eigenvalue weighted by molar-refractivity contribution is -0.121. The Morgan fingerprint density at radius 2 is 2.31 bits per heavy atom. The summed E-state index contributed by atoms with van der Waals surface area (Å²) in [6.45, 7) is 3.95. The van der Waals surface area contributed by atoms with Crippen molar-refractivity contribution in [1.82, 2.24) is 20.0 Å². The topological polar surface area (TPSA) is 50.2 Å². The summed E-state index contributed by atoms with van der Waals surface area (Å²) < 4.78 is 1.70. The van der Waals surface area contributed by atoms with Crippen molar-refractivity contribution in [3.63, 3.8) is 0 Å². The SMILES string of the molecule is Cc1ccnn1CC(=O)NCCCN(C)C. The van der Waals surface area contributed by atoms with E-state index in [2.05, 4.69) is 15.3 Å². The fourth-order valence-corrected chi connectivity index (χ4v) is 1.38. The van der Waals surface area contributed by atoms with Crippen LogP contribution in [0.15, 0.2) is 12.3 Å². The highest BCUT2D eigenvalue weighted by molar-refractivity contribution is 5.75. The van der Waals surface area contributed by atoms with E-state index in [0.29, 0.717) is 6.54 Å². The van der Waals surface area contributed by atoms with E-state index in [0.717, 1.165) is 25.2 Å². The number of carbonyl (C=O) groups is 1. The Kier molecular flexibility index (Phi) is 4.98. The molecule has 0 unspecified atom stereocenters. The van der Waals surface area contributed by atoms with E-state index in [1.807, 2.05) is 27.1 Å². The van der Waals surface area contributed by atoms with Crippen LogP contribution in [0.2, 0.25) is 0 Å². The van der Waals surface area contributed by atoms with Crippen molar-refractivity contribution in [3.8, 4) is 0 Å². The normalized spacial score (nSPS) is 10.8. The maximum atomic E-state index is 11.5. The molecular weight excluding hydrogens is 204 g/mol. The lowest BCUT2D eigenvalue weighted by atomic mass is 10.4. The van der Waals surface area contributed by atoms with Crippen molar-refractivity contribution >= 4 is 5.91 Å². The van der Waals surface area contributed by atoms with Crippen LogP contribution in [-0.4, -0.2) is 47.8 Å². The molecule has 0 saturated heterocycles. The fraction of sp³-hybridized carbons (Fsp3) is 0.636. The Hall–Kier alpha value is -1.36. The van der Waals surface area contributed by atoms with Crippen LogP contribution in [0.3, 0.4) is 0 Å². The van der Waals surface area contributed by atoms with Gasteiger partial charge in [-0.25, -0.2) is 0 Å². The van der Waals surface area contributed by atoms with E-state index in [1.165, 1.54) is 0 Å². The summed E-state index contributed by atoms with van der Waals surface area (Å²) in [5.74, 6) is 0.0190. The monoisotopic (exact) mass is 224 g/mol. The van der Waals surface area contributed by atoms with Gasteiger partial charge < -0.3 is 10.2 Å². The minimum Gasteiger partial charge on any atom is -0.354 e. The second-order valence-electron chi connectivity index (χ2n) is 4.14. The molecule has 1 amide bonds. The highest BCUT2D eigenvalue weighted by atomic mass is 16.2. The second-order valence-corrected chi connectivity index (χ2v) is 4.14. The number of hydrogen-bond acceptors (Lipinski definition) is 3. The zero-order valence-corrected chi connectivity index (χ0v) is 10.2. The summed E-state index contributed by atoms with van der Waals surface area (Å²) in [5, 5.41) is 6.94. The van der Waals surface area contributed by atoms with E-state index in [1.54, 1.807) is 10.9 Å². The summed E-state index contributed by atoms with van der Waals surface area (Å²) in [7, 11) is 4.05. The number of carbonyl (C=O) groups excluding carboxylic acids is 1. The van der Waals surface area contributed by atoms with Gasteiger partial charge in [0.05, 0.1) is 0 Å².